The van der Waals surface area contributed by atoms with Gasteiger partial charge in [-0.2, -0.15) is 0 Å². The Morgan fingerprint density at radius 2 is 1.06 bits per heavy atom. The number of carbonyl (C=O) groups is 2. The second-order valence-corrected chi connectivity index (χ2v) is 1.95. The van der Waals surface area contributed by atoms with E-state index in [4.69, 9.17) is 10.4 Å². The Bertz CT molecular complexity index is 249. The predicted molar refractivity (Wildman–Crippen MR) is 47.0 cm³/mol. The minimum Gasteiger partial charge on any atom is -0.543 e. The van der Waals surface area contributed by atoms with Gasteiger partial charge in [0, 0.05) is 0 Å². The van der Waals surface area contributed by atoms with Crippen LogP contribution in [0.25, 0.3) is 0 Å². The Morgan fingerprint density at radius 1 is 0.882 bits per heavy atom. The van der Waals surface area contributed by atoms with Gasteiger partial charge in [-0.3, -0.25) is 0 Å². The third kappa shape index (κ3) is 20.5. The first kappa shape index (κ1) is 29.5. The molecule has 0 rings (SSSR count). The Labute approximate surface area is 109 Å². The zero-order valence-corrected chi connectivity index (χ0v) is 12.1. The van der Waals surface area contributed by atoms with Crippen molar-refractivity contribution in [2.75, 3.05) is 0 Å². The first-order valence-electron chi connectivity index (χ1n) is 3.16. The average Bonchev–Trinajstić information content (AvgIpc) is 2.15. The van der Waals surface area contributed by atoms with Crippen LogP contribution >= 0.6 is 0 Å². The van der Waals surface area contributed by atoms with Crippen molar-refractivity contribution < 1.29 is 60.6 Å². The fourth-order valence-electron chi connectivity index (χ4n) is 0.0816. The number of oxime groups is 2. The summed E-state index contributed by atoms with van der Waals surface area (Å²) >= 11 is 0. The van der Waals surface area contributed by atoms with Crippen molar-refractivity contribution in [3.8, 4) is 0 Å². The van der Waals surface area contributed by atoms with E-state index < -0.39 is 23.4 Å². The zero-order chi connectivity index (χ0) is 11.7. The van der Waals surface area contributed by atoms with Crippen LogP contribution in [0.2, 0.25) is 0 Å². The monoisotopic (exact) mass is 304 g/mol. The van der Waals surface area contributed by atoms with Gasteiger partial charge in [-0.1, -0.05) is 10.3 Å². The fraction of sp³-hybridized carbons (Fsp3) is 0.333. The SMILES string of the molecule is CC(=NO)C(=O)[O-].CC(=NO)C(=O)[O-].O.O.[Zn+2]. The van der Waals surface area contributed by atoms with E-state index >= 15 is 0 Å². The van der Waals surface area contributed by atoms with Crippen LogP contribution in [0.5, 0.6) is 0 Å². The fourth-order valence-corrected chi connectivity index (χ4v) is 0.0816. The Morgan fingerprint density at radius 3 is 1.06 bits per heavy atom. The Balaban J connectivity index is -0.0000000480. The molecule has 0 atom stereocenters. The molecular weight excluding hydrogens is 293 g/mol. The quantitative estimate of drug-likeness (QED) is 0.222. The molecule has 0 bridgehead atoms. The third-order valence-electron chi connectivity index (χ3n) is 0.891. The van der Waals surface area contributed by atoms with Crippen molar-refractivity contribution in [2.24, 2.45) is 10.3 Å². The number of aliphatic carboxylic acids is 2. The van der Waals surface area contributed by atoms with E-state index in [0.29, 0.717) is 0 Å². The first-order valence-corrected chi connectivity index (χ1v) is 3.16. The van der Waals surface area contributed by atoms with Crippen LogP contribution in [0.4, 0.5) is 0 Å². The van der Waals surface area contributed by atoms with Crippen molar-refractivity contribution in [2.45, 2.75) is 13.8 Å². The summed E-state index contributed by atoms with van der Waals surface area (Å²) in [6, 6.07) is 0. The van der Waals surface area contributed by atoms with Gasteiger partial charge < -0.3 is 41.2 Å². The van der Waals surface area contributed by atoms with E-state index in [1.54, 1.807) is 0 Å². The molecule has 0 aliphatic rings. The molecule has 0 aliphatic carbocycles. The predicted octanol–water partition coefficient (Wildman–Crippen LogP) is -4.48. The second-order valence-electron chi connectivity index (χ2n) is 1.95. The van der Waals surface area contributed by atoms with Crippen molar-refractivity contribution >= 4 is 23.4 Å². The van der Waals surface area contributed by atoms with Crippen molar-refractivity contribution in [3.05, 3.63) is 0 Å². The van der Waals surface area contributed by atoms with Gasteiger partial charge in [-0.05, 0) is 13.8 Å². The van der Waals surface area contributed by atoms with Crippen LogP contribution < -0.4 is 10.2 Å². The molecule has 0 amide bonds. The summed E-state index contributed by atoms with van der Waals surface area (Å²) in [4.78, 5) is 19.1. The summed E-state index contributed by atoms with van der Waals surface area (Å²) in [5.41, 5.74) is -0.833. The number of carboxylic acid groups (broad SMARTS) is 2. The molecule has 0 spiro atoms. The smallest absolute Gasteiger partial charge is 0.543 e. The Kier molecular flexibility index (Phi) is 29.3. The van der Waals surface area contributed by atoms with Gasteiger partial charge in [0.1, 0.15) is 0 Å². The molecule has 6 N–H and O–H groups in total. The number of hydrogen-bond donors (Lipinski definition) is 2. The molecule has 0 radical (unpaired) electrons. The molecular formula is C6H12N2O8Zn. The summed E-state index contributed by atoms with van der Waals surface area (Å²) in [5.74, 6) is -2.91. The number of carboxylic acids is 2. The molecule has 11 heteroatoms. The maximum atomic E-state index is 9.53. The van der Waals surface area contributed by atoms with Crippen LogP contribution in [-0.2, 0) is 29.1 Å². The van der Waals surface area contributed by atoms with E-state index in [-0.39, 0.29) is 30.4 Å². The number of carbonyl (C=O) groups excluding carboxylic acids is 2. The van der Waals surface area contributed by atoms with Gasteiger partial charge in [0.15, 0.2) is 0 Å². The largest absolute Gasteiger partial charge is 2.00 e. The molecule has 0 saturated carbocycles. The van der Waals surface area contributed by atoms with Crippen LogP contribution in [0.3, 0.4) is 0 Å². The van der Waals surface area contributed by atoms with Gasteiger partial charge in [0.2, 0.25) is 0 Å². The van der Waals surface area contributed by atoms with Crippen LogP contribution in [-0.4, -0.2) is 44.7 Å². The third-order valence-corrected chi connectivity index (χ3v) is 0.891. The maximum Gasteiger partial charge on any atom is 2.00 e. The number of hydrogen-bond acceptors (Lipinski definition) is 8. The van der Waals surface area contributed by atoms with Crippen LogP contribution in [0.15, 0.2) is 10.3 Å². The van der Waals surface area contributed by atoms with Crippen molar-refractivity contribution in [1.82, 2.24) is 0 Å². The standard InChI is InChI=1S/2C3H5NO3.2H2O.Zn/c2*1-2(4-7)3(5)6;;;/h2*7H,1H3,(H,5,6);2*1H2;/q;;;;+2/p-2. The normalized spacial score (nSPS) is 9.29. The summed E-state index contributed by atoms with van der Waals surface area (Å²) in [5, 5.41) is 39.1. The van der Waals surface area contributed by atoms with E-state index in [9.17, 15) is 19.8 Å². The topological polar surface area (TPSA) is 208 Å². The van der Waals surface area contributed by atoms with Crippen molar-refractivity contribution in [1.29, 1.82) is 0 Å². The van der Waals surface area contributed by atoms with Gasteiger partial charge in [0.25, 0.3) is 0 Å². The molecule has 0 saturated heterocycles. The van der Waals surface area contributed by atoms with Gasteiger partial charge in [-0.25, -0.2) is 0 Å². The van der Waals surface area contributed by atoms with Gasteiger partial charge >= 0.3 is 19.5 Å². The average molecular weight is 306 g/mol. The zero-order valence-electron chi connectivity index (χ0n) is 9.13. The Hall–Kier alpha value is -1.58. The van der Waals surface area contributed by atoms with Gasteiger partial charge in [-0.15, -0.1) is 0 Å². The van der Waals surface area contributed by atoms with Gasteiger partial charge in [0.05, 0.1) is 23.4 Å². The summed E-state index contributed by atoms with van der Waals surface area (Å²) in [7, 11) is 0. The van der Waals surface area contributed by atoms with Crippen LogP contribution in [0.1, 0.15) is 13.8 Å². The number of nitrogens with zero attached hydrogens (tertiary/aromatic N) is 2. The first-order chi connectivity index (χ1) is 6.36. The second kappa shape index (κ2) is 16.8. The molecule has 17 heavy (non-hydrogen) atoms. The van der Waals surface area contributed by atoms with E-state index in [0.717, 1.165) is 13.8 Å². The van der Waals surface area contributed by atoms with E-state index in [2.05, 4.69) is 10.3 Å². The molecule has 10 nitrogen and oxygen atoms in total. The molecule has 96 valence electrons. The maximum absolute atomic E-state index is 9.53. The molecule has 0 unspecified atom stereocenters. The van der Waals surface area contributed by atoms with Crippen LogP contribution in [0, 0.1) is 0 Å². The summed E-state index contributed by atoms with van der Waals surface area (Å²) < 4.78 is 0. The molecule has 0 aromatic carbocycles. The van der Waals surface area contributed by atoms with Crippen molar-refractivity contribution in [3.63, 3.8) is 0 Å². The van der Waals surface area contributed by atoms with E-state index in [1.165, 1.54) is 0 Å². The molecule has 0 aromatic rings. The minimum atomic E-state index is -1.46. The summed E-state index contributed by atoms with van der Waals surface area (Å²) in [6.45, 7) is 2.27. The minimum absolute atomic E-state index is 0. The number of rotatable bonds is 2. The molecule has 0 aromatic heterocycles. The molecule has 0 fully saturated rings. The van der Waals surface area contributed by atoms with E-state index in [1.807, 2.05) is 0 Å². The molecule has 0 heterocycles. The summed E-state index contributed by atoms with van der Waals surface area (Å²) in [6.07, 6.45) is 0. The molecule has 0 aliphatic heterocycles.